The fraction of sp³-hybridized carbons (Fsp3) is 0.400. The zero-order valence-corrected chi connectivity index (χ0v) is 16.8. The average molecular weight is 382 g/mol. The molecule has 2 amide bonds. The summed E-state index contributed by atoms with van der Waals surface area (Å²) in [5, 5.41) is 3.24. The first-order valence-corrected chi connectivity index (χ1v) is 9.28. The van der Waals surface area contributed by atoms with Crippen molar-refractivity contribution in [3.63, 3.8) is 0 Å². The quantitative estimate of drug-likeness (QED) is 0.870. The third-order valence-corrected chi connectivity index (χ3v) is 4.73. The molecule has 2 heterocycles. The summed E-state index contributed by atoms with van der Waals surface area (Å²) in [4.78, 5) is 38.5. The molecule has 1 N–H and O–H groups in total. The largest absolute Gasteiger partial charge is 0.378 e. The lowest BCUT2D eigenvalue weighted by Crippen LogP contribution is -2.50. The summed E-state index contributed by atoms with van der Waals surface area (Å²) in [6, 6.07) is 9.63. The standard InChI is InChI=1S/C20H26N6O2/c1-14-21-18(20(28)26-11-9-25(10-12-26)15(2)27)13-19(22-14)23-16-5-7-17(8-6-16)24(3)4/h5-8,13H,9-12H2,1-4H3,(H,21,22,23). The minimum atomic E-state index is -0.139. The Bertz CT molecular complexity index is 857. The Morgan fingerprint density at radius 1 is 1.00 bits per heavy atom. The highest BCUT2D eigenvalue weighted by molar-refractivity contribution is 5.93. The van der Waals surface area contributed by atoms with Crippen LogP contribution in [-0.2, 0) is 4.79 Å². The predicted octanol–water partition coefficient (Wildman–Crippen LogP) is 1.90. The van der Waals surface area contributed by atoms with Gasteiger partial charge in [0.15, 0.2) is 0 Å². The zero-order chi connectivity index (χ0) is 20.3. The summed E-state index contributed by atoms with van der Waals surface area (Å²) in [6.07, 6.45) is 0. The Morgan fingerprint density at radius 2 is 1.61 bits per heavy atom. The molecule has 0 saturated carbocycles. The molecule has 0 aliphatic carbocycles. The van der Waals surface area contributed by atoms with Gasteiger partial charge in [0.05, 0.1) is 0 Å². The van der Waals surface area contributed by atoms with Crippen LogP contribution in [0.2, 0.25) is 0 Å². The summed E-state index contributed by atoms with van der Waals surface area (Å²) in [7, 11) is 3.98. The molecule has 0 unspecified atom stereocenters. The minimum Gasteiger partial charge on any atom is -0.378 e. The van der Waals surface area contributed by atoms with Crippen molar-refractivity contribution in [3.05, 3.63) is 41.9 Å². The number of hydrogen-bond acceptors (Lipinski definition) is 6. The number of aryl methyl sites for hydroxylation is 1. The first-order valence-electron chi connectivity index (χ1n) is 9.28. The lowest BCUT2D eigenvalue weighted by molar-refractivity contribution is -0.130. The number of piperazine rings is 1. The van der Waals surface area contributed by atoms with Crippen molar-refractivity contribution in [3.8, 4) is 0 Å². The molecule has 0 bridgehead atoms. The third-order valence-electron chi connectivity index (χ3n) is 4.73. The Labute approximate surface area is 165 Å². The molecule has 8 nitrogen and oxygen atoms in total. The van der Waals surface area contributed by atoms with E-state index in [0.717, 1.165) is 11.4 Å². The normalized spacial score (nSPS) is 14.0. The first kappa shape index (κ1) is 19.6. The second kappa shape index (κ2) is 8.24. The van der Waals surface area contributed by atoms with Crippen LogP contribution < -0.4 is 10.2 Å². The Kier molecular flexibility index (Phi) is 5.77. The van der Waals surface area contributed by atoms with E-state index in [-0.39, 0.29) is 11.8 Å². The van der Waals surface area contributed by atoms with Gasteiger partial charge in [-0.3, -0.25) is 9.59 Å². The highest BCUT2D eigenvalue weighted by Crippen LogP contribution is 2.20. The molecular formula is C20H26N6O2. The number of carbonyl (C=O) groups excluding carboxylic acids is 2. The molecule has 0 atom stereocenters. The van der Waals surface area contributed by atoms with E-state index in [1.807, 2.05) is 43.3 Å². The van der Waals surface area contributed by atoms with Gasteiger partial charge in [-0.2, -0.15) is 0 Å². The summed E-state index contributed by atoms with van der Waals surface area (Å²) in [5.41, 5.74) is 2.35. The van der Waals surface area contributed by atoms with E-state index in [1.54, 1.807) is 29.7 Å². The molecule has 1 aliphatic rings. The number of rotatable bonds is 4. The highest BCUT2D eigenvalue weighted by Gasteiger charge is 2.24. The Balaban J connectivity index is 1.72. The van der Waals surface area contributed by atoms with Gasteiger partial charge in [0, 0.05) is 64.6 Å². The van der Waals surface area contributed by atoms with E-state index in [1.165, 1.54) is 0 Å². The Morgan fingerprint density at radius 3 is 2.18 bits per heavy atom. The minimum absolute atomic E-state index is 0.0387. The maximum atomic E-state index is 12.9. The van der Waals surface area contributed by atoms with E-state index in [9.17, 15) is 9.59 Å². The van der Waals surface area contributed by atoms with Crippen molar-refractivity contribution in [2.24, 2.45) is 0 Å². The summed E-state index contributed by atoms with van der Waals surface area (Å²) in [6.45, 7) is 5.44. The van der Waals surface area contributed by atoms with Gasteiger partial charge >= 0.3 is 0 Å². The van der Waals surface area contributed by atoms with Gasteiger partial charge in [-0.05, 0) is 31.2 Å². The summed E-state index contributed by atoms with van der Waals surface area (Å²) >= 11 is 0. The predicted molar refractivity (Wildman–Crippen MR) is 109 cm³/mol. The fourth-order valence-electron chi connectivity index (χ4n) is 3.12. The monoisotopic (exact) mass is 382 g/mol. The molecule has 1 fully saturated rings. The number of carbonyl (C=O) groups is 2. The molecule has 1 aromatic carbocycles. The third kappa shape index (κ3) is 4.57. The van der Waals surface area contributed by atoms with E-state index < -0.39 is 0 Å². The number of nitrogens with one attached hydrogen (secondary N) is 1. The van der Waals surface area contributed by atoms with Gasteiger partial charge in [0.25, 0.3) is 5.91 Å². The lowest BCUT2D eigenvalue weighted by Gasteiger charge is -2.34. The van der Waals surface area contributed by atoms with Crippen molar-refractivity contribution in [2.75, 3.05) is 50.5 Å². The van der Waals surface area contributed by atoms with Gasteiger partial charge in [-0.15, -0.1) is 0 Å². The summed E-state index contributed by atoms with van der Waals surface area (Å²) in [5.74, 6) is 1.01. The van der Waals surface area contributed by atoms with E-state index in [2.05, 4.69) is 15.3 Å². The van der Waals surface area contributed by atoms with Gasteiger partial charge in [-0.25, -0.2) is 9.97 Å². The highest BCUT2D eigenvalue weighted by atomic mass is 16.2. The topological polar surface area (TPSA) is 81.7 Å². The van der Waals surface area contributed by atoms with Gasteiger partial charge in [0.2, 0.25) is 5.91 Å². The number of anilines is 3. The average Bonchev–Trinajstić information content (AvgIpc) is 2.67. The van der Waals surface area contributed by atoms with Crippen LogP contribution in [-0.4, -0.2) is 71.9 Å². The second-order valence-electron chi connectivity index (χ2n) is 7.05. The number of benzene rings is 1. The van der Waals surface area contributed by atoms with Crippen LogP contribution in [0.25, 0.3) is 0 Å². The molecule has 1 aromatic heterocycles. The molecule has 1 aliphatic heterocycles. The van der Waals surface area contributed by atoms with Crippen LogP contribution in [0.3, 0.4) is 0 Å². The molecule has 8 heteroatoms. The molecular weight excluding hydrogens is 356 g/mol. The molecule has 2 aromatic rings. The van der Waals surface area contributed by atoms with Crippen LogP contribution in [0, 0.1) is 6.92 Å². The number of hydrogen-bond donors (Lipinski definition) is 1. The van der Waals surface area contributed by atoms with Gasteiger partial charge in [0.1, 0.15) is 17.3 Å². The molecule has 28 heavy (non-hydrogen) atoms. The number of nitrogens with zero attached hydrogens (tertiary/aromatic N) is 5. The SMILES string of the molecule is CC(=O)N1CCN(C(=O)c2cc(Nc3ccc(N(C)C)cc3)nc(C)n2)CC1. The Hall–Kier alpha value is -3.16. The zero-order valence-electron chi connectivity index (χ0n) is 16.8. The van der Waals surface area contributed by atoms with Crippen LogP contribution >= 0.6 is 0 Å². The summed E-state index contributed by atoms with van der Waals surface area (Å²) < 4.78 is 0. The number of aromatic nitrogens is 2. The fourth-order valence-corrected chi connectivity index (χ4v) is 3.12. The van der Waals surface area contributed by atoms with Crippen molar-refractivity contribution in [1.29, 1.82) is 0 Å². The molecule has 1 saturated heterocycles. The van der Waals surface area contributed by atoms with E-state index >= 15 is 0 Å². The van der Waals surface area contributed by atoms with Crippen molar-refractivity contribution < 1.29 is 9.59 Å². The van der Waals surface area contributed by atoms with Crippen LogP contribution in [0.15, 0.2) is 30.3 Å². The first-order chi connectivity index (χ1) is 13.3. The van der Waals surface area contributed by atoms with E-state index in [4.69, 9.17) is 0 Å². The van der Waals surface area contributed by atoms with Crippen molar-refractivity contribution >= 4 is 29.0 Å². The molecule has 0 spiro atoms. The number of amides is 2. The molecule has 148 valence electrons. The van der Waals surface area contributed by atoms with Crippen molar-refractivity contribution in [1.82, 2.24) is 19.8 Å². The van der Waals surface area contributed by atoms with E-state index in [0.29, 0.717) is 43.5 Å². The van der Waals surface area contributed by atoms with Crippen LogP contribution in [0.4, 0.5) is 17.2 Å². The van der Waals surface area contributed by atoms with Crippen LogP contribution in [0.5, 0.6) is 0 Å². The van der Waals surface area contributed by atoms with Crippen molar-refractivity contribution in [2.45, 2.75) is 13.8 Å². The smallest absolute Gasteiger partial charge is 0.272 e. The van der Waals surface area contributed by atoms with Gasteiger partial charge < -0.3 is 20.0 Å². The molecule has 3 rings (SSSR count). The van der Waals surface area contributed by atoms with Gasteiger partial charge in [-0.1, -0.05) is 0 Å². The second-order valence-corrected chi connectivity index (χ2v) is 7.05. The maximum Gasteiger partial charge on any atom is 0.272 e. The molecule has 0 radical (unpaired) electrons. The maximum absolute atomic E-state index is 12.9. The lowest BCUT2D eigenvalue weighted by atomic mass is 10.2. The van der Waals surface area contributed by atoms with Crippen LogP contribution in [0.1, 0.15) is 23.2 Å².